The van der Waals surface area contributed by atoms with Crippen LogP contribution in [0.15, 0.2) is 24.3 Å². The zero-order valence-corrected chi connectivity index (χ0v) is 9.34. The van der Waals surface area contributed by atoms with E-state index in [2.05, 4.69) is 0 Å². The maximum atomic E-state index is 11.5. The minimum absolute atomic E-state index is 0.136. The monoisotopic (exact) mass is 222 g/mol. The predicted octanol–water partition coefficient (Wildman–Crippen LogP) is 2.98. The average molecular weight is 223 g/mol. The fraction of sp³-hybridized carbons (Fsp3) is 0.250. The number of carbonyl (C=O) groups is 1. The van der Waals surface area contributed by atoms with Gasteiger partial charge in [0.15, 0.2) is 0 Å². The summed E-state index contributed by atoms with van der Waals surface area (Å²) >= 11 is 5.92. The van der Waals surface area contributed by atoms with E-state index in [1.807, 2.05) is 32.1 Å². The van der Waals surface area contributed by atoms with Crippen molar-refractivity contribution in [3.8, 4) is 0 Å². The van der Waals surface area contributed by atoms with E-state index in [9.17, 15) is 4.79 Å². The Labute approximate surface area is 93.5 Å². The van der Waals surface area contributed by atoms with Gasteiger partial charge in [-0.05, 0) is 43.2 Å². The van der Waals surface area contributed by atoms with Gasteiger partial charge in [0.05, 0.1) is 5.57 Å². The summed E-state index contributed by atoms with van der Waals surface area (Å²) < 4.78 is 5.03. The third kappa shape index (κ3) is 1.90. The molecule has 0 saturated carbocycles. The summed E-state index contributed by atoms with van der Waals surface area (Å²) in [5.74, 6) is -0.260. The molecule has 3 heteroatoms. The van der Waals surface area contributed by atoms with Crippen LogP contribution in [0, 0.1) is 6.92 Å². The molecule has 1 atom stereocenters. The highest BCUT2D eigenvalue weighted by atomic mass is 35.5. The fourth-order valence-electron chi connectivity index (χ4n) is 1.60. The van der Waals surface area contributed by atoms with E-state index in [4.69, 9.17) is 16.3 Å². The van der Waals surface area contributed by atoms with E-state index in [0.29, 0.717) is 10.6 Å². The summed E-state index contributed by atoms with van der Waals surface area (Å²) in [6.45, 7) is 3.75. The van der Waals surface area contributed by atoms with Crippen molar-refractivity contribution >= 4 is 23.1 Å². The minimum atomic E-state index is -0.260. The zero-order valence-electron chi connectivity index (χ0n) is 8.58. The van der Waals surface area contributed by atoms with E-state index in [0.717, 1.165) is 11.1 Å². The van der Waals surface area contributed by atoms with Crippen LogP contribution in [0.2, 0.25) is 5.02 Å². The maximum Gasteiger partial charge on any atom is 0.339 e. The Hall–Kier alpha value is -1.28. The standard InChI is InChI=1S/C12H11ClO2/c1-7-5-9(3-4-11(7)13)10-6-8(2)15-12(10)14/h3-6,8H,1-2H3. The van der Waals surface area contributed by atoms with Gasteiger partial charge in [0.2, 0.25) is 0 Å². The van der Waals surface area contributed by atoms with Crippen LogP contribution in [0.1, 0.15) is 18.1 Å². The van der Waals surface area contributed by atoms with Gasteiger partial charge in [-0.3, -0.25) is 0 Å². The van der Waals surface area contributed by atoms with Gasteiger partial charge < -0.3 is 4.74 Å². The molecule has 0 N–H and O–H groups in total. The second kappa shape index (κ2) is 3.70. The SMILES string of the molecule is Cc1cc(C2=CC(C)OC2=O)ccc1Cl. The van der Waals surface area contributed by atoms with E-state index in [-0.39, 0.29) is 12.1 Å². The molecule has 0 saturated heterocycles. The Kier molecular flexibility index (Phi) is 2.53. The summed E-state index contributed by atoms with van der Waals surface area (Å²) in [5, 5.41) is 0.707. The van der Waals surface area contributed by atoms with Gasteiger partial charge in [-0.15, -0.1) is 0 Å². The molecular weight excluding hydrogens is 212 g/mol. The predicted molar refractivity (Wildman–Crippen MR) is 59.7 cm³/mol. The molecule has 0 aliphatic carbocycles. The number of hydrogen-bond donors (Lipinski definition) is 0. The van der Waals surface area contributed by atoms with Crippen LogP contribution in [0.25, 0.3) is 5.57 Å². The second-order valence-electron chi connectivity index (χ2n) is 3.65. The van der Waals surface area contributed by atoms with Crippen molar-refractivity contribution in [2.75, 3.05) is 0 Å². The van der Waals surface area contributed by atoms with E-state index < -0.39 is 0 Å². The van der Waals surface area contributed by atoms with Crippen LogP contribution in [-0.4, -0.2) is 12.1 Å². The lowest BCUT2D eigenvalue weighted by Crippen LogP contribution is -2.03. The number of carbonyl (C=O) groups excluding carboxylic acids is 1. The number of rotatable bonds is 1. The van der Waals surface area contributed by atoms with Crippen molar-refractivity contribution in [1.29, 1.82) is 0 Å². The topological polar surface area (TPSA) is 26.3 Å². The Bertz CT molecular complexity index is 449. The third-order valence-corrected chi connectivity index (χ3v) is 2.81. The molecule has 1 aromatic rings. The largest absolute Gasteiger partial charge is 0.455 e. The number of cyclic esters (lactones) is 1. The van der Waals surface area contributed by atoms with Gasteiger partial charge >= 0.3 is 5.97 Å². The molecule has 0 bridgehead atoms. The maximum absolute atomic E-state index is 11.5. The molecular formula is C12H11ClO2. The minimum Gasteiger partial charge on any atom is -0.455 e. The highest BCUT2D eigenvalue weighted by molar-refractivity contribution is 6.31. The number of aryl methyl sites for hydroxylation is 1. The van der Waals surface area contributed by atoms with Crippen LogP contribution in [0.5, 0.6) is 0 Å². The molecule has 1 aliphatic rings. The Morgan fingerprint density at radius 3 is 2.67 bits per heavy atom. The normalized spacial score (nSPS) is 20.1. The van der Waals surface area contributed by atoms with Crippen LogP contribution < -0.4 is 0 Å². The number of hydrogen-bond acceptors (Lipinski definition) is 2. The first-order valence-electron chi connectivity index (χ1n) is 4.77. The molecule has 1 aliphatic heterocycles. The molecule has 78 valence electrons. The number of halogens is 1. The molecule has 0 radical (unpaired) electrons. The van der Waals surface area contributed by atoms with Gasteiger partial charge in [-0.1, -0.05) is 17.7 Å². The van der Waals surface area contributed by atoms with Crippen LogP contribution >= 0.6 is 11.6 Å². The summed E-state index contributed by atoms with van der Waals surface area (Å²) in [6, 6.07) is 5.53. The van der Waals surface area contributed by atoms with Gasteiger partial charge in [-0.2, -0.15) is 0 Å². The lowest BCUT2D eigenvalue weighted by molar-refractivity contribution is -0.137. The van der Waals surface area contributed by atoms with Gasteiger partial charge in [0, 0.05) is 5.02 Å². The molecule has 2 rings (SSSR count). The second-order valence-corrected chi connectivity index (χ2v) is 4.06. The zero-order chi connectivity index (χ0) is 11.0. The summed E-state index contributed by atoms with van der Waals surface area (Å²) in [6.07, 6.45) is 1.69. The number of ether oxygens (including phenoxy) is 1. The lowest BCUT2D eigenvalue weighted by atomic mass is 10.0. The molecule has 0 fully saturated rings. The van der Waals surface area contributed by atoms with E-state index in [1.54, 1.807) is 6.07 Å². The lowest BCUT2D eigenvalue weighted by Gasteiger charge is -2.03. The molecule has 1 unspecified atom stereocenters. The van der Waals surface area contributed by atoms with Crippen LogP contribution in [0.3, 0.4) is 0 Å². The Balaban J connectivity index is 2.42. The van der Waals surface area contributed by atoms with Crippen molar-refractivity contribution in [1.82, 2.24) is 0 Å². The first-order chi connectivity index (χ1) is 7.08. The smallest absolute Gasteiger partial charge is 0.339 e. The number of benzene rings is 1. The van der Waals surface area contributed by atoms with Gasteiger partial charge in [-0.25, -0.2) is 4.79 Å². The molecule has 2 nitrogen and oxygen atoms in total. The molecule has 0 amide bonds. The summed E-state index contributed by atoms with van der Waals surface area (Å²) in [4.78, 5) is 11.5. The first-order valence-corrected chi connectivity index (χ1v) is 5.15. The molecule has 0 spiro atoms. The highest BCUT2D eigenvalue weighted by Gasteiger charge is 2.23. The average Bonchev–Trinajstić information content (AvgIpc) is 2.50. The first kappa shape index (κ1) is 10.2. The van der Waals surface area contributed by atoms with Crippen molar-refractivity contribution < 1.29 is 9.53 Å². The van der Waals surface area contributed by atoms with Gasteiger partial charge in [0.25, 0.3) is 0 Å². The Morgan fingerprint density at radius 1 is 1.40 bits per heavy atom. The van der Waals surface area contributed by atoms with Crippen molar-refractivity contribution in [3.05, 3.63) is 40.4 Å². The van der Waals surface area contributed by atoms with Gasteiger partial charge in [0.1, 0.15) is 6.10 Å². The van der Waals surface area contributed by atoms with Crippen LogP contribution in [-0.2, 0) is 9.53 Å². The molecule has 0 aromatic heterocycles. The molecule has 1 heterocycles. The quantitative estimate of drug-likeness (QED) is 0.683. The van der Waals surface area contributed by atoms with E-state index in [1.165, 1.54) is 0 Å². The fourth-order valence-corrected chi connectivity index (χ4v) is 1.71. The van der Waals surface area contributed by atoms with Crippen LogP contribution in [0.4, 0.5) is 0 Å². The van der Waals surface area contributed by atoms with E-state index >= 15 is 0 Å². The Morgan fingerprint density at radius 2 is 2.13 bits per heavy atom. The van der Waals surface area contributed by atoms with Crippen molar-refractivity contribution in [2.45, 2.75) is 20.0 Å². The summed E-state index contributed by atoms with van der Waals surface area (Å²) in [5.41, 5.74) is 2.45. The molecule has 1 aromatic carbocycles. The highest BCUT2D eigenvalue weighted by Crippen LogP contribution is 2.26. The van der Waals surface area contributed by atoms with Crippen molar-refractivity contribution in [3.63, 3.8) is 0 Å². The van der Waals surface area contributed by atoms with Crippen molar-refractivity contribution in [2.24, 2.45) is 0 Å². The number of esters is 1. The summed E-state index contributed by atoms with van der Waals surface area (Å²) in [7, 11) is 0. The third-order valence-electron chi connectivity index (χ3n) is 2.38. The molecule has 15 heavy (non-hydrogen) atoms.